The molecule has 0 radical (unpaired) electrons. The highest BCUT2D eigenvalue weighted by molar-refractivity contribution is 7.09. The standard InChI is InChI=1S/C25H26ClN3O3S/c1-16-10-12-17(13-11-16)32-14-23-27-22(15-33-23)25(31)29-21-9-5-4-8-20(21)28-24(30)18-6-2-3-7-19(18)26/h2-3,6-7,10-13,15,20-21H,4-5,8-9,14H2,1H3,(H,28,30)(H,29,31)/t20-,21+/m0/s1. The Balaban J connectivity index is 1.35. The smallest absolute Gasteiger partial charge is 0.271 e. The predicted octanol–water partition coefficient (Wildman–Crippen LogP) is 5.15. The molecule has 2 N–H and O–H groups in total. The molecule has 1 aliphatic carbocycles. The van der Waals surface area contributed by atoms with E-state index in [4.69, 9.17) is 16.3 Å². The van der Waals surface area contributed by atoms with Gasteiger partial charge in [-0.25, -0.2) is 4.98 Å². The minimum Gasteiger partial charge on any atom is -0.486 e. The lowest BCUT2D eigenvalue weighted by molar-refractivity contribution is 0.0860. The third kappa shape index (κ3) is 6.12. The Morgan fingerprint density at radius 2 is 1.70 bits per heavy atom. The fourth-order valence-corrected chi connectivity index (χ4v) is 4.78. The molecule has 0 spiro atoms. The zero-order valence-corrected chi connectivity index (χ0v) is 19.9. The second kappa shape index (κ2) is 10.8. The Hall–Kier alpha value is -2.90. The first-order chi connectivity index (χ1) is 16.0. The number of nitrogens with zero attached hydrogens (tertiary/aromatic N) is 1. The SMILES string of the molecule is Cc1ccc(OCc2nc(C(=O)N[C@@H]3CCCC[C@@H]3NC(=O)c3ccccc3Cl)cs2)cc1. The Morgan fingerprint density at radius 1 is 1.03 bits per heavy atom. The maximum atomic E-state index is 12.9. The molecule has 2 atom stereocenters. The average molecular weight is 484 g/mol. The van der Waals surface area contributed by atoms with Gasteiger partial charge >= 0.3 is 0 Å². The van der Waals surface area contributed by atoms with Crippen molar-refractivity contribution in [2.45, 2.75) is 51.3 Å². The van der Waals surface area contributed by atoms with Gasteiger partial charge in [-0.05, 0) is 44.0 Å². The zero-order valence-electron chi connectivity index (χ0n) is 18.3. The summed E-state index contributed by atoms with van der Waals surface area (Å²) in [6, 6.07) is 14.4. The van der Waals surface area contributed by atoms with E-state index in [9.17, 15) is 9.59 Å². The number of hydrogen-bond donors (Lipinski definition) is 2. The first-order valence-corrected chi connectivity index (χ1v) is 12.3. The number of amides is 2. The van der Waals surface area contributed by atoms with E-state index in [2.05, 4.69) is 15.6 Å². The molecule has 2 aromatic carbocycles. The molecule has 8 heteroatoms. The second-order valence-corrected chi connectivity index (χ2v) is 9.50. The molecule has 3 aromatic rings. The number of nitrogens with one attached hydrogen (secondary N) is 2. The summed E-state index contributed by atoms with van der Waals surface area (Å²) in [6.45, 7) is 2.33. The maximum Gasteiger partial charge on any atom is 0.271 e. The summed E-state index contributed by atoms with van der Waals surface area (Å²) in [5.74, 6) is 0.300. The van der Waals surface area contributed by atoms with Gasteiger partial charge in [0.15, 0.2) is 0 Å². The molecule has 1 fully saturated rings. The number of aryl methyl sites for hydroxylation is 1. The van der Waals surface area contributed by atoms with Crippen LogP contribution in [0.4, 0.5) is 0 Å². The van der Waals surface area contributed by atoms with Gasteiger partial charge in [-0.15, -0.1) is 11.3 Å². The number of hydrogen-bond acceptors (Lipinski definition) is 5. The van der Waals surface area contributed by atoms with Crippen molar-refractivity contribution < 1.29 is 14.3 Å². The van der Waals surface area contributed by atoms with Crippen molar-refractivity contribution in [1.82, 2.24) is 15.6 Å². The van der Waals surface area contributed by atoms with Crippen LogP contribution in [0.2, 0.25) is 5.02 Å². The molecule has 33 heavy (non-hydrogen) atoms. The van der Waals surface area contributed by atoms with Crippen molar-refractivity contribution in [3.8, 4) is 5.75 Å². The summed E-state index contributed by atoms with van der Waals surface area (Å²) < 4.78 is 5.76. The van der Waals surface area contributed by atoms with E-state index in [-0.39, 0.29) is 23.9 Å². The molecule has 1 saturated carbocycles. The van der Waals surface area contributed by atoms with Crippen molar-refractivity contribution in [2.24, 2.45) is 0 Å². The van der Waals surface area contributed by atoms with Crippen molar-refractivity contribution in [2.75, 3.05) is 0 Å². The van der Waals surface area contributed by atoms with Crippen molar-refractivity contribution in [1.29, 1.82) is 0 Å². The van der Waals surface area contributed by atoms with Gasteiger partial charge in [-0.2, -0.15) is 0 Å². The van der Waals surface area contributed by atoms with E-state index >= 15 is 0 Å². The molecule has 1 aromatic heterocycles. The third-order valence-electron chi connectivity index (χ3n) is 5.69. The largest absolute Gasteiger partial charge is 0.486 e. The number of rotatable bonds is 7. The molecule has 0 saturated heterocycles. The number of ether oxygens (including phenoxy) is 1. The monoisotopic (exact) mass is 483 g/mol. The molecule has 0 bridgehead atoms. The van der Waals surface area contributed by atoms with Crippen molar-refractivity contribution >= 4 is 34.8 Å². The highest BCUT2D eigenvalue weighted by Crippen LogP contribution is 2.22. The molecule has 1 heterocycles. The van der Waals surface area contributed by atoms with Crippen LogP contribution in [0.1, 0.15) is 57.1 Å². The third-order valence-corrected chi connectivity index (χ3v) is 6.84. The number of aromatic nitrogens is 1. The van der Waals surface area contributed by atoms with Gasteiger partial charge in [-0.1, -0.05) is 54.3 Å². The highest BCUT2D eigenvalue weighted by atomic mass is 35.5. The predicted molar refractivity (Wildman–Crippen MR) is 130 cm³/mol. The summed E-state index contributed by atoms with van der Waals surface area (Å²) in [4.78, 5) is 30.0. The van der Waals surface area contributed by atoms with E-state index in [0.29, 0.717) is 22.9 Å². The normalized spacial score (nSPS) is 17.9. The average Bonchev–Trinajstić information content (AvgIpc) is 3.29. The van der Waals surface area contributed by atoms with Gasteiger partial charge in [-0.3, -0.25) is 9.59 Å². The molecule has 4 rings (SSSR count). The molecule has 172 valence electrons. The number of halogens is 1. The van der Waals surface area contributed by atoms with Gasteiger partial charge in [0.2, 0.25) is 0 Å². The fraction of sp³-hybridized carbons (Fsp3) is 0.320. The molecular weight excluding hydrogens is 458 g/mol. The van der Waals surface area contributed by atoms with Crippen LogP contribution in [0.3, 0.4) is 0 Å². The number of benzene rings is 2. The van der Waals surface area contributed by atoms with E-state index in [0.717, 1.165) is 36.4 Å². The van der Waals surface area contributed by atoms with E-state index < -0.39 is 0 Å². The molecule has 0 unspecified atom stereocenters. The molecule has 0 aliphatic heterocycles. The summed E-state index contributed by atoms with van der Waals surface area (Å²) in [5.41, 5.74) is 1.97. The minimum atomic E-state index is -0.239. The first kappa shape index (κ1) is 23.3. The van der Waals surface area contributed by atoms with Crippen LogP contribution in [0.15, 0.2) is 53.9 Å². The second-order valence-electron chi connectivity index (χ2n) is 8.15. The highest BCUT2D eigenvalue weighted by Gasteiger charge is 2.29. The summed E-state index contributed by atoms with van der Waals surface area (Å²) in [6.07, 6.45) is 3.59. The number of thiazole rings is 1. The first-order valence-electron chi connectivity index (χ1n) is 11.0. The number of carbonyl (C=O) groups is 2. The Labute approximate surface area is 202 Å². The molecule has 1 aliphatic rings. The lowest BCUT2D eigenvalue weighted by atomic mass is 9.90. The Kier molecular flexibility index (Phi) is 7.62. The van der Waals surface area contributed by atoms with Crippen LogP contribution in [-0.2, 0) is 6.61 Å². The maximum absolute atomic E-state index is 12.9. The zero-order chi connectivity index (χ0) is 23.2. The molecular formula is C25H26ClN3O3S. The van der Waals surface area contributed by atoms with Crippen molar-refractivity contribution in [3.05, 3.63) is 80.8 Å². The minimum absolute atomic E-state index is 0.158. The lowest BCUT2D eigenvalue weighted by Gasteiger charge is -2.32. The quantitative estimate of drug-likeness (QED) is 0.486. The summed E-state index contributed by atoms with van der Waals surface area (Å²) in [5, 5.41) is 9.00. The molecule has 6 nitrogen and oxygen atoms in total. The van der Waals surface area contributed by atoms with E-state index in [1.165, 1.54) is 16.9 Å². The fourth-order valence-electron chi connectivity index (χ4n) is 3.87. The Bertz CT molecular complexity index is 1120. The Morgan fingerprint density at radius 3 is 2.39 bits per heavy atom. The van der Waals surface area contributed by atoms with Crippen LogP contribution in [0.25, 0.3) is 0 Å². The molecule has 2 amide bonds. The van der Waals surface area contributed by atoms with Gasteiger partial charge in [0.1, 0.15) is 23.1 Å². The van der Waals surface area contributed by atoms with Crippen LogP contribution < -0.4 is 15.4 Å². The van der Waals surface area contributed by atoms with Gasteiger partial charge in [0.25, 0.3) is 11.8 Å². The van der Waals surface area contributed by atoms with E-state index in [1.54, 1.807) is 29.6 Å². The summed E-state index contributed by atoms with van der Waals surface area (Å²) in [7, 11) is 0. The lowest BCUT2D eigenvalue weighted by Crippen LogP contribution is -2.53. The van der Waals surface area contributed by atoms with Gasteiger partial charge in [0, 0.05) is 17.5 Å². The van der Waals surface area contributed by atoms with Crippen molar-refractivity contribution in [3.63, 3.8) is 0 Å². The van der Waals surface area contributed by atoms with Crippen LogP contribution >= 0.6 is 22.9 Å². The topological polar surface area (TPSA) is 80.3 Å². The van der Waals surface area contributed by atoms with Crippen LogP contribution in [0, 0.1) is 6.92 Å². The number of carbonyl (C=O) groups excluding carboxylic acids is 2. The van der Waals surface area contributed by atoms with Crippen LogP contribution in [-0.4, -0.2) is 28.9 Å². The van der Waals surface area contributed by atoms with Crippen LogP contribution in [0.5, 0.6) is 5.75 Å². The summed E-state index contributed by atoms with van der Waals surface area (Å²) >= 11 is 7.55. The van der Waals surface area contributed by atoms with Gasteiger partial charge < -0.3 is 15.4 Å². The van der Waals surface area contributed by atoms with Gasteiger partial charge in [0.05, 0.1) is 10.6 Å². The van der Waals surface area contributed by atoms with E-state index in [1.807, 2.05) is 31.2 Å².